The first-order chi connectivity index (χ1) is 9.33. The van der Waals surface area contributed by atoms with Crippen LogP contribution in [0.25, 0.3) is 0 Å². The number of aliphatic imine (C=N–C) groups is 1. The van der Waals surface area contributed by atoms with Crippen molar-refractivity contribution in [1.29, 1.82) is 0 Å². The van der Waals surface area contributed by atoms with Gasteiger partial charge in [-0.2, -0.15) is 0 Å². The molecule has 0 spiro atoms. The Labute approximate surface area is 113 Å². The van der Waals surface area contributed by atoms with Gasteiger partial charge in [-0.15, -0.1) is 0 Å². The normalized spacial score (nSPS) is 11.6. The van der Waals surface area contributed by atoms with Crippen LogP contribution in [0.2, 0.25) is 0 Å². The molecule has 0 saturated heterocycles. The van der Waals surface area contributed by atoms with Crippen molar-refractivity contribution in [2.45, 2.75) is 32.1 Å². The monoisotopic (exact) mass is 264 g/mol. The summed E-state index contributed by atoms with van der Waals surface area (Å²) in [5.41, 5.74) is 0. The summed E-state index contributed by atoms with van der Waals surface area (Å²) in [6, 6.07) is 9.17. The van der Waals surface area contributed by atoms with E-state index >= 15 is 0 Å². The van der Waals surface area contributed by atoms with E-state index in [-0.39, 0.29) is 0 Å². The number of para-hydroxylation sites is 1. The summed E-state index contributed by atoms with van der Waals surface area (Å²) in [7, 11) is 0. The molecule has 1 aromatic carbocycles. The summed E-state index contributed by atoms with van der Waals surface area (Å²) in [6.07, 6.45) is 4.43. The second kappa shape index (κ2) is 10.3. The lowest BCUT2D eigenvalue weighted by Gasteiger charge is -2.14. The Morgan fingerprint density at radius 3 is 2.68 bits per heavy atom. The first-order valence-electron chi connectivity index (χ1n) is 6.49. The maximum atomic E-state index is 9.82. The Bertz CT molecular complexity index is 378. The number of unbranched alkanes of at least 4 members (excludes halogenated alkanes) is 3. The van der Waals surface area contributed by atoms with Gasteiger partial charge >= 0.3 is 0 Å². The van der Waals surface area contributed by atoms with Gasteiger partial charge in [0, 0.05) is 6.54 Å². The Hall–Kier alpha value is -1.68. The summed E-state index contributed by atoms with van der Waals surface area (Å²) >= 11 is 0. The molecule has 0 aliphatic carbocycles. The van der Waals surface area contributed by atoms with Gasteiger partial charge in [0.05, 0.1) is 6.54 Å². The minimum absolute atomic E-state index is 0.552. The van der Waals surface area contributed by atoms with Crippen molar-refractivity contribution in [2.75, 3.05) is 13.1 Å². The van der Waals surface area contributed by atoms with E-state index in [1.54, 1.807) is 12.1 Å². The number of carbonyl (C=O) groups excluding carboxylic acids is 1. The molecule has 0 amide bonds. The maximum absolute atomic E-state index is 9.82. The van der Waals surface area contributed by atoms with Crippen LogP contribution in [0.4, 0.5) is 0 Å². The number of rotatable bonds is 10. The molecule has 5 heteroatoms. The SMILES string of the molecule is O=C=NCCCCCCNC(O)Oc1ccccc1. The van der Waals surface area contributed by atoms with E-state index in [9.17, 15) is 9.90 Å². The molecule has 2 N–H and O–H groups in total. The second-order valence-corrected chi connectivity index (χ2v) is 4.12. The predicted molar refractivity (Wildman–Crippen MR) is 72.5 cm³/mol. The first-order valence-corrected chi connectivity index (χ1v) is 6.49. The van der Waals surface area contributed by atoms with Crippen LogP contribution in [0, 0.1) is 0 Å². The maximum Gasteiger partial charge on any atom is 0.257 e. The minimum Gasteiger partial charge on any atom is -0.451 e. The highest BCUT2D eigenvalue weighted by atomic mass is 16.6. The lowest BCUT2D eigenvalue weighted by Crippen LogP contribution is -2.34. The molecule has 5 nitrogen and oxygen atoms in total. The molecule has 0 aromatic heterocycles. The van der Waals surface area contributed by atoms with Crippen LogP contribution in [0.15, 0.2) is 35.3 Å². The van der Waals surface area contributed by atoms with E-state index in [0.29, 0.717) is 18.8 Å². The number of aliphatic hydroxyl groups excluding tert-OH is 1. The summed E-state index contributed by atoms with van der Waals surface area (Å²) < 4.78 is 5.26. The van der Waals surface area contributed by atoms with Gasteiger partial charge in [0.1, 0.15) is 5.75 Å². The van der Waals surface area contributed by atoms with Crippen LogP contribution in [0.5, 0.6) is 5.75 Å². The zero-order chi connectivity index (χ0) is 13.8. The summed E-state index contributed by atoms with van der Waals surface area (Å²) in [4.78, 5) is 13.3. The molecule has 1 atom stereocenters. The molecule has 1 rings (SSSR count). The highest BCUT2D eigenvalue weighted by Gasteiger charge is 2.03. The number of hydrogen-bond acceptors (Lipinski definition) is 5. The number of isocyanates is 1. The molecule has 0 aliphatic rings. The smallest absolute Gasteiger partial charge is 0.257 e. The molecule has 0 aliphatic heterocycles. The third kappa shape index (κ3) is 8.11. The lowest BCUT2D eigenvalue weighted by molar-refractivity contribution is -0.0437. The van der Waals surface area contributed by atoms with Crippen molar-refractivity contribution in [3.63, 3.8) is 0 Å². The Morgan fingerprint density at radius 2 is 1.95 bits per heavy atom. The number of hydrogen-bond donors (Lipinski definition) is 2. The summed E-state index contributed by atoms with van der Waals surface area (Å²) in [6.45, 7) is 1.24. The van der Waals surface area contributed by atoms with E-state index in [2.05, 4.69) is 10.3 Å². The third-order valence-electron chi connectivity index (χ3n) is 2.57. The average molecular weight is 264 g/mol. The standard InChI is InChI=1S/C14H20N2O3/c17-12-15-10-6-1-2-7-11-16-14(18)19-13-8-4-3-5-9-13/h3-5,8-9,14,16,18H,1-2,6-7,10-11H2. The largest absolute Gasteiger partial charge is 0.451 e. The molecule has 0 heterocycles. The summed E-state index contributed by atoms with van der Waals surface area (Å²) in [5.74, 6) is 0.634. The first kappa shape index (κ1) is 15.4. The molecule has 1 unspecified atom stereocenters. The molecule has 0 fully saturated rings. The highest BCUT2D eigenvalue weighted by Crippen LogP contribution is 2.09. The molecule has 104 valence electrons. The third-order valence-corrected chi connectivity index (χ3v) is 2.57. The van der Waals surface area contributed by atoms with Crippen LogP contribution in [0.1, 0.15) is 25.7 Å². The minimum atomic E-state index is -0.984. The number of benzene rings is 1. The van der Waals surface area contributed by atoms with Gasteiger partial charge in [-0.1, -0.05) is 31.0 Å². The average Bonchev–Trinajstić information content (AvgIpc) is 2.43. The Kier molecular flexibility index (Phi) is 8.31. The van der Waals surface area contributed by atoms with Crippen molar-refractivity contribution in [1.82, 2.24) is 5.32 Å². The summed E-state index contributed by atoms with van der Waals surface area (Å²) in [5, 5.41) is 12.5. The van der Waals surface area contributed by atoms with Gasteiger partial charge in [-0.05, 0) is 25.0 Å². The molecule has 0 saturated carbocycles. The van der Waals surface area contributed by atoms with Crippen molar-refractivity contribution >= 4 is 6.08 Å². The lowest BCUT2D eigenvalue weighted by atomic mass is 10.2. The van der Waals surface area contributed by atoms with Crippen LogP contribution >= 0.6 is 0 Å². The van der Waals surface area contributed by atoms with Crippen LogP contribution < -0.4 is 10.1 Å². The van der Waals surface area contributed by atoms with Gasteiger partial charge in [-0.3, -0.25) is 5.32 Å². The topological polar surface area (TPSA) is 70.9 Å². The van der Waals surface area contributed by atoms with Crippen LogP contribution in [-0.2, 0) is 4.79 Å². The van der Waals surface area contributed by atoms with Gasteiger partial charge in [0.25, 0.3) is 6.41 Å². The van der Waals surface area contributed by atoms with E-state index in [1.165, 1.54) is 6.08 Å². The van der Waals surface area contributed by atoms with Gasteiger partial charge in [-0.25, -0.2) is 9.79 Å². The Morgan fingerprint density at radius 1 is 1.21 bits per heavy atom. The zero-order valence-corrected chi connectivity index (χ0v) is 10.9. The fourth-order valence-corrected chi connectivity index (χ4v) is 1.61. The van der Waals surface area contributed by atoms with Crippen molar-refractivity contribution in [2.24, 2.45) is 4.99 Å². The predicted octanol–water partition coefficient (Wildman–Crippen LogP) is 1.83. The number of ether oxygens (including phenoxy) is 1. The quantitative estimate of drug-likeness (QED) is 0.293. The van der Waals surface area contributed by atoms with Crippen molar-refractivity contribution < 1.29 is 14.6 Å². The van der Waals surface area contributed by atoms with Crippen molar-refractivity contribution in [3.8, 4) is 5.75 Å². The molecule has 19 heavy (non-hydrogen) atoms. The molecule has 1 aromatic rings. The Balaban J connectivity index is 1.98. The van der Waals surface area contributed by atoms with Gasteiger partial charge < -0.3 is 9.84 Å². The van der Waals surface area contributed by atoms with E-state index < -0.39 is 6.41 Å². The molecular weight excluding hydrogens is 244 g/mol. The van der Waals surface area contributed by atoms with E-state index in [0.717, 1.165) is 25.7 Å². The molecular formula is C14H20N2O3. The van der Waals surface area contributed by atoms with Crippen molar-refractivity contribution in [3.05, 3.63) is 30.3 Å². The van der Waals surface area contributed by atoms with Crippen LogP contribution in [0.3, 0.4) is 0 Å². The fourth-order valence-electron chi connectivity index (χ4n) is 1.61. The second-order valence-electron chi connectivity index (χ2n) is 4.12. The van der Waals surface area contributed by atoms with Gasteiger partial charge in [0.2, 0.25) is 6.08 Å². The van der Waals surface area contributed by atoms with Gasteiger partial charge in [0.15, 0.2) is 0 Å². The highest BCUT2D eigenvalue weighted by molar-refractivity contribution is 5.32. The van der Waals surface area contributed by atoms with E-state index in [1.807, 2.05) is 18.2 Å². The number of nitrogens with zero attached hydrogens (tertiary/aromatic N) is 1. The number of nitrogens with one attached hydrogen (secondary N) is 1. The number of aliphatic hydroxyl groups is 1. The molecule has 0 radical (unpaired) electrons. The van der Waals surface area contributed by atoms with E-state index in [4.69, 9.17) is 4.74 Å². The fraction of sp³-hybridized carbons (Fsp3) is 0.500. The zero-order valence-electron chi connectivity index (χ0n) is 10.9. The van der Waals surface area contributed by atoms with Crippen LogP contribution in [-0.4, -0.2) is 30.7 Å². The molecule has 0 bridgehead atoms.